The minimum atomic E-state index is -1.70. The molecule has 2 nitrogen and oxygen atoms in total. The molecule has 1 aliphatic rings. The van der Waals surface area contributed by atoms with Crippen molar-refractivity contribution in [3.63, 3.8) is 0 Å². The molecule has 1 aliphatic heterocycles. The van der Waals surface area contributed by atoms with E-state index in [-0.39, 0.29) is 0 Å². The van der Waals surface area contributed by atoms with Gasteiger partial charge in [0.05, 0.1) is 0 Å². The molecule has 1 heterocycles. The van der Waals surface area contributed by atoms with Crippen LogP contribution >= 0.6 is 0 Å². The molecule has 1 rings (SSSR count). The van der Waals surface area contributed by atoms with E-state index >= 15 is 0 Å². The lowest BCUT2D eigenvalue weighted by atomic mass is 10.2. The summed E-state index contributed by atoms with van der Waals surface area (Å²) in [7, 11) is -1.70. The van der Waals surface area contributed by atoms with E-state index in [2.05, 4.69) is 0 Å². The minimum absolute atomic E-state index is 0.326. The first-order valence-electron chi connectivity index (χ1n) is 3.41. The van der Waals surface area contributed by atoms with Gasteiger partial charge < -0.3 is 5.73 Å². The van der Waals surface area contributed by atoms with E-state index in [1.807, 2.05) is 6.26 Å². The Kier molecular flexibility index (Phi) is 1.91. The third kappa shape index (κ3) is 2.06. The van der Waals surface area contributed by atoms with Gasteiger partial charge in [-0.25, -0.2) is 0 Å². The molecule has 0 amide bonds. The van der Waals surface area contributed by atoms with Crippen molar-refractivity contribution in [2.45, 2.75) is 18.9 Å². The topological polar surface area (TPSA) is 43.1 Å². The summed E-state index contributed by atoms with van der Waals surface area (Å²) in [6, 6.07) is 0.326. The molecule has 0 unspecified atom stereocenters. The third-order valence-corrected chi connectivity index (χ3v) is 4.35. The largest absolute Gasteiger partial charge is 0.328 e. The highest BCUT2D eigenvalue weighted by atomic mass is 32.2. The molecule has 1 saturated heterocycles. The van der Waals surface area contributed by atoms with Gasteiger partial charge in [-0.2, -0.15) is 0 Å². The van der Waals surface area contributed by atoms with E-state index < -0.39 is 9.93 Å². The van der Waals surface area contributed by atoms with Gasteiger partial charge in [-0.15, -0.1) is 9.93 Å². The maximum absolute atomic E-state index is 11.3. The smallest absolute Gasteiger partial charge is 0.00549 e. The normalized spacial score (nSPS) is 37.8. The molecule has 0 saturated carbocycles. The maximum Gasteiger partial charge on any atom is 0.00549 e. The Morgan fingerprint density at radius 1 is 1.44 bits per heavy atom. The Labute approximate surface area is 57.2 Å². The van der Waals surface area contributed by atoms with Crippen LogP contribution in [0.4, 0.5) is 0 Å². The lowest BCUT2D eigenvalue weighted by Crippen LogP contribution is -2.35. The standard InChI is InChI=1S/C6H15NOS/c1-9(8)4-2-6(7)3-5-9/h6,9H,2-5,7H2,1H3. The first-order valence-corrected chi connectivity index (χ1v) is 5.94. The lowest BCUT2D eigenvalue weighted by molar-refractivity contribution is 0.590. The first-order chi connectivity index (χ1) is 4.10. The van der Waals surface area contributed by atoms with E-state index in [1.54, 1.807) is 0 Å². The van der Waals surface area contributed by atoms with Crippen molar-refractivity contribution in [3.05, 3.63) is 0 Å². The van der Waals surface area contributed by atoms with Gasteiger partial charge in [0.25, 0.3) is 0 Å². The van der Waals surface area contributed by atoms with Gasteiger partial charge in [-0.1, -0.05) is 0 Å². The van der Waals surface area contributed by atoms with Crippen LogP contribution in [0.3, 0.4) is 0 Å². The zero-order chi connectivity index (χ0) is 6.91. The van der Waals surface area contributed by atoms with Crippen molar-refractivity contribution >= 4 is 9.93 Å². The summed E-state index contributed by atoms with van der Waals surface area (Å²) in [5.74, 6) is 1.74. The number of rotatable bonds is 0. The van der Waals surface area contributed by atoms with E-state index in [0.717, 1.165) is 24.3 Å². The third-order valence-electron chi connectivity index (χ3n) is 1.95. The van der Waals surface area contributed by atoms with Crippen LogP contribution in [0, 0.1) is 0 Å². The fourth-order valence-electron chi connectivity index (χ4n) is 1.13. The predicted molar refractivity (Wildman–Crippen MR) is 42.4 cm³/mol. The number of thiol groups is 1. The molecule has 0 radical (unpaired) electrons. The fourth-order valence-corrected chi connectivity index (χ4v) is 3.11. The summed E-state index contributed by atoms with van der Waals surface area (Å²) in [6.45, 7) is 0. The van der Waals surface area contributed by atoms with Crippen molar-refractivity contribution in [2.24, 2.45) is 5.73 Å². The van der Waals surface area contributed by atoms with Gasteiger partial charge in [0.1, 0.15) is 0 Å². The van der Waals surface area contributed by atoms with Crippen LogP contribution in [0.2, 0.25) is 0 Å². The quantitative estimate of drug-likeness (QED) is 0.467. The van der Waals surface area contributed by atoms with Gasteiger partial charge >= 0.3 is 0 Å². The zero-order valence-corrected chi connectivity index (χ0v) is 6.73. The van der Waals surface area contributed by atoms with Crippen LogP contribution in [-0.4, -0.2) is 28.0 Å². The highest BCUT2D eigenvalue weighted by Crippen LogP contribution is 2.14. The SMILES string of the molecule is C[SH]1(=O)CCC(N)CC1. The van der Waals surface area contributed by atoms with Gasteiger partial charge in [0, 0.05) is 17.5 Å². The number of nitrogens with two attached hydrogens (primary N) is 1. The second kappa shape index (κ2) is 2.39. The van der Waals surface area contributed by atoms with Crippen molar-refractivity contribution in [2.75, 3.05) is 17.8 Å². The van der Waals surface area contributed by atoms with E-state index in [0.29, 0.717) is 6.04 Å². The summed E-state index contributed by atoms with van der Waals surface area (Å²) < 4.78 is 11.3. The van der Waals surface area contributed by atoms with Crippen LogP contribution in [0.5, 0.6) is 0 Å². The molecule has 2 N–H and O–H groups in total. The average molecular weight is 149 g/mol. The molecule has 9 heavy (non-hydrogen) atoms. The van der Waals surface area contributed by atoms with Crippen LogP contribution in [-0.2, 0) is 9.93 Å². The van der Waals surface area contributed by atoms with Gasteiger partial charge in [0.15, 0.2) is 0 Å². The molecule has 1 fully saturated rings. The first kappa shape index (κ1) is 7.22. The molecule has 0 spiro atoms. The second-order valence-corrected chi connectivity index (χ2v) is 6.57. The lowest BCUT2D eigenvalue weighted by Gasteiger charge is -2.27. The van der Waals surface area contributed by atoms with Crippen LogP contribution in [0.25, 0.3) is 0 Å². The van der Waals surface area contributed by atoms with Crippen molar-refractivity contribution in [3.8, 4) is 0 Å². The second-order valence-electron chi connectivity index (χ2n) is 3.08. The van der Waals surface area contributed by atoms with Crippen LogP contribution in [0.1, 0.15) is 12.8 Å². The summed E-state index contributed by atoms with van der Waals surface area (Å²) >= 11 is 0. The Morgan fingerprint density at radius 2 is 1.89 bits per heavy atom. The summed E-state index contributed by atoms with van der Waals surface area (Å²) in [5.41, 5.74) is 5.63. The molecule has 0 aromatic carbocycles. The molecular weight excluding hydrogens is 134 g/mol. The van der Waals surface area contributed by atoms with Crippen molar-refractivity contribution < 1.29 is 4.21 Å². The van der Waals surface area contributed by atoms with Crippen LogP contribution in [0.15, 0.2) is 0 Å². The summed E-state index contributed by atoms with van der Waals surface area (Å²) in [5, 5.41) is 0. The minimum Gasteiger partial charge on any atom is -0.328 e. The summed E-state index contributed by atoms with van der Waals surface area (Å²) in [6.07, 6.45) is 3.82. The van der Waals surface area contributed by atoms with Gasteiger partial charge in [0.2, 0.25) is 0 Å². The Balaban J connectivity index is 2.44. The van der Waals surface area contributed by atoms with Crippen molar-refractivity contribution in [1.29, 1.82) is 0 Å². The molecule has 3 heteroatoms. The predicted octanol–water partition coefficient (Wildman–Crippen LogP) is -0.246. The molecule has 0 aromatic heterocycles. The Hall–Kier alpha value is 0.110. The summed E-state index contributed by atoms with van der Waals surface area (Å²) in [4.78, 5) is 0. The number of hydrogen-bond donors (Lipinski definition) is 2. The molecule has 0 bridgehead atoms. The van der Waals surface area contributed by atoms with E-state index in [1.165, 1.54) is 0 Å². The fraction of sp³-hybridized carbons (Fsp3) is 1.00. The zero-order valence-electron chi connectivity index (χ0n) is 5.84. The Bertz CT molecular complexity index is 134. The van der Waals surface area contributed by atoms with Crippen molar-refractivity contribution in [1.82, 2.24) is 0 Å². The molecule has 0 atom stereocenters. The van der Waals surface area contributed by atoms with Crippen LogP contribution < -0.4 is 5.73 Å². The molecule has 0 aromatic rings. The highest BCUT2D eigenvalue weighted by Gasteiger charge is 2.18. The average Bonchev–Trinajstić information content (AvgIpc) is 1.78. The monoisotopic (exact) mass is 149 g/mol. The van der Waals surface area contributed by atoms with Gasteiger partial charge in [-0.3, -0.25) is 4.21 Å². The molecule has 56 valence electrons. The molecule has 0 aliphatic carbocycles. The van der Waals surface area contributed by atoms with E-state index in [9.17, 15) is 4.21 Å². The highest BCUT2D eigenvalue weighted by molar-refractivity contribution is 8.02. The number of hydrogen-bond acceptors (Lipinski definition) is 2. The maximum atomic E-state index is 11.3. The van der Waals surface area contributed by atoms with E-state index in [4.69, 9.17) is 5.73 Å². The van der Waals surface area contributed by atoms with Gasteiger partial charge in [-0.05, 0) is 19.1 Å². The Morgan fingerprint density at radius 3 is 2.22 bits per heavy atom. The molecular formula is C6H15NOS.